The second-order valence-corrected chi connectivity index (χ2v) is 4.24. The van der Waals surface area contributed by atoms with Crippen molar-refractivity contribution in [2.24, 2.45) is 11.8 Å². The van der Waals surface area contributed by atoms with Gasteiger partial charge in [0.1, 0.15) is 0 Å². The molecule has 1 aliphatic heterocycles. The number of carbonyl (C=O) groups is 1. The van der Waals surface area contributed by atoms with Crippen LogP contribution in [-0.4, -0.2) is 25.0 Å². The molecule has 1 saturated heterocycles. The molecule has 2 atom stereocenters. The fourth-order valence-electron chi connectivity index (χ4n) is 1.73. The average Bonchev–Trinajstić information content (AvgIpc) is 2.03. The molecule has 1 fully saturated rings. The normalized spacial score (nSPS) is 28.9. The summed E-state index contributed by atoms with van der Waals surface area (Å²) in [7, 11) is 0. The zero-order chi connectivity index (χ0) is 9.84. The topological polar surface area (TPSA) is 41.1 Å². The minimum Gasteiger partial charge on any atom is -0.354 e. The van der Waals surface area contributed by atoms with E-state index in [2.05, 4.69) is 17.6 Å². The van der Waals surface area contributed by atoms with Crippen LogP contribution in [0.25, 0.3) is 0 Å². The number of carbonyl (C=O) groups excluding carboxylic acids is 1. The van der Waals surface area contributed by atoms with Gasteiger partial charge in [-0.2, -0.15) is 0 Å². The molecule has 3 nitrogen and oxygen atoms in total. The van der Waals surface area contributed by atoms with Crippen LogP contribution in [0.5, 0.6) is 0 Å². The lowest BCUT2D eigenvalue weighted by Crippen LogP contribution is -2.46. The molecular weight excluding hydrogens is 164 g/mol. The number of amides is 1. The number of nitrogens with one attached hydrogen (secondary N) is 2. The predicted octanol–water partition coefficient (Wildman–Crippen LogP) is 0.757. The van der Waals surface area contributed by atoms with Crippen molar-refractivity contribution in [3.05, 3.63) is 0 Å². The molecule has 0 aromatic carbocycles. The Hall–Kier alpha value is -0.570. The van der Waals surface area contributed by atoms with Crippen molar-refractivity contribution in [1.29, 1.82) is 0 Å². The molecule has 0 aromatic heterocycles. The van der Waals surface area contributed by atoms with E-state index in [-0.39, 0.29) is 17.9 Å². The van der Waals surface area contributed by atoms with Crippen molar-refractivity contribution in [1.82, 2.24) is 10.6 Å². The quantitative estimate of drug-likeness (QED) is 0.665. The van der Waals surface area contributed by atoms with Crippen LogP contribution in [-0.2, 0) is 4.79 Å². The van der Waals surface area contributed by atoms with E-state index in [1.807, 2.05) is 13.8 Å². The summed E-state index contributed by atoms with van der Waals surface area (Å²) in [5.74, 6) is 0.880. The highest BCUT2D eigenvalue weighted by atomic mass is 16.2. The van der Waals surface area contributed by atoms with Crippen LogP contribution >= 0.6 is 0 Å². The summed E-state index contributed by atoms with van der Waals surface area (Å²) in [5.41, 5.74) is 0. The molecular formula is C10H20N2O. The Bertz CT molecular complexity index is 180. The van der Waals surface area contributed by atoms with Gasteiger partial charge in [-0.3, -0.25) is 4.79 Å². The molecule has 1 aliphatic rings. The Morgan fingerprint density at radius 3 is 2.77 bits per heavy atom. The summed E-state index contributed by atoms with van der Waals surface area (Å²) < 4.78 is 0. The van der Waals surface area contributed by atoms with E-state index in [0.29, 0.717) is 5.92 Å². The lowest BCUT2D eigenvalue weighted by atomic mass is 9.87. The first-order valence-electron chi connectivity index (χ1n) is 5.12. The third-order valence-corrected chi connectivity index (χ3v) is 2.60. The molecule has 0 aliphatic carbocycles. The molecule has 1 heterocycles. The fourth-order valence-corrected chi connectivity index (χ4v) is 1.73. The minimum atomic E-state index is 0.163. The van der Waals surface area contributed by atoms with Crippen LogP contribution in [0.4, 0.5) is 0 Å². The van der Waals surface area contributed by atoms with Crippen molar-refractivity contribution < 1.29 is 4.79 Å². The van der Waals surface area contributed by atoms with Gasteiger partial charge >= 0.3 is 0 Å². The lowest BCUT2D eigenvalue weighted by Gasteiger charge is -2.29. The zero-order valence-electron chi connectivity index (χ0n) is 8.76. The van der Waals surface area contributed by atoms with Gasteiger partial charge in [0.05, 0.1) is 5.92 Å². The van der Waals surface area contributed by atoms with Gasteiger partial charge in [-0.05, 0) is 32.7 Å². The van der Waals surface area contributed by atoms with Gasteiger partial charge in [0.25, 0.3) is 0 Å². The summed E-state index contributed by atoms with van der Waals surface area (Å²) >= 11 is 0. The molecule has 1 amide bonds. The van der Waals surface area contributed by atoms with Crippen molar-refractivity contribution in [3.63, 3.8) is 0 Å². The van der Waals surface area contributed by atoms with Crippen LogP contribution in [0.15, 0.2) is 0 Å². The Kier molecular flexibility index (Phi) is 3.72. The molecule has 0 unspecified atom stereocenters. The smallest absolute Gasteiger partial charge is 0.224 e. The first-order chi connectivity index (χ1) is 6.11. The first-order valence-corrected chi connectivity index (χ1v) is 5.12. The minimum absolute atomic E-state index is 0.163. The second kappa shape index (κ2) is 4.61. The van der Waals surface area contributed by atoms with E-state index >= 15 is 0 Å². The molecule has 0 bridgehead atoms. The zero-order valence-corrected chi connectivity index (χ0v) is 8.76. The van der Waals surface area contributed by atoms with E-state index in [1.54, 1.807) is 0 Å². The maximum absolute atomic E-state index is 11.7. The number of rotatable bonds is 2. The van der Waals surface area contributed by atoms with E-state index in [0.717, 1.165) is 19.5 Å². The highest BCUT2D eigenvalue weighted by Gasteiger charge is 2.27. The van der Waals surface area contributed by atoms with Gasteiger partial charge < -0.3 is 10.6 Å². The lowest BCUT2D eigenvalue weighted by molar-refractivity contribution is -0.127. The summed E-state index contributed by atoms with van der Waals surface area (Å²) in [6.45, 7) is 8.04. The highest BCUT2D eigenvalue weighted by molar-refractivity contribution is 5.79. The largest absolute Gasteiger partial charge is 0.354 e. The molecule has 1 rings (SSSR count). The van der Waals surface area contributed by atoms with Gasteiger partial charge in [-0.15, -0.1) is 0 Å². The third kappa shape index (κ3) is 2.99. The van der Waals surface area contributed by atoms with Crippen molar-refractivity contribution in [2.45, 2.75) is 33.2 Å². The van der Waals surface area contributed by atoms with Gasteiger partial charge in [0, 0.05) is 12.6 Å². The standard InChI is InChI=1S/C10H20N2O/c1-7(2)12-10(13)9-6-11-5-4-8(9)3/h7-9,11H,4-6H2,1-3H3,(H,12,13)/t8-,9-/m0/s1. The Labute approximate surface area is 80.3 Å². The number of hydrogen-bond acceptors (Lipinski definition) is 2. The van der Waals surface area contributed by atoms with Gasteiger partial charge in [-0.25, -0.2) is 0 Å². The first kappa shape index (κ1) is 10.5. The fraction of sp³-hybridized carbons (Fsp3) is 0.900. The summed E-state index contributed by atoms with van der Waals surface area (Å²) in [5, 5.41) is 6.22. The predicted molar refractivity (Wildman–Crippen MR) is 53.4 cm³/mol. The van der Waals surface area contributed by atoms with Crippen molar-refractivity contribution in [3.8, 4) is 0 Å². The van der Waals surface area contributed by atoms with E-state index < -0.39 is 0 Å². The molecule has 76 valence electrons. The Morgan fingerprint density at radius 2 is 2.23 bits per heavy atom. The van der Waals surface area contributed by atoms with Crippen LogP contribution in [0.1, 0.15) is 27.2 Å². The summed E-state index contributed by atoms with van der Waals surface area (Å²) in [6, 6.07) is 0.252. The maximum atomic E-state index is 11.7. The number of hydrogen-bond donors (Lipinski definition) is 2. The number of piperidine rings is 1. The van der Waals surface area contributed by atoms with Crippen LogP contribution in [0.3, 0.4) is 0 Å². The van der Waals surface area contributed by atoms with E-state index in [9.17, 15) is 4.79 Å². The molecule has 0 spiro atoms. The van der Waals surface area contributed by atoms with E-state index in [1.165, 1.54) is 0 Å². The van der Waals surface area contributed by atoms with E-state index in [4.69, 9.17) is 0 Å². The maximum Gasteiger partial charge on any atom is 0.224 e. The van der Waals surface area contributed by atoms with Gasteiger partial charge in [0.2, 0.25) is 5.91 Å². The van der Waals surface area contributed by atoms with Gasteiger partial charge in [0.15, 0.2) is 0 Å². The molecule has 3 heteroatoms. The molecule has 0 saturated carbocycles. The van der Waals surface area contributed by atoms with Crippen LogP contribution in [0, 0.1) is 11.8 Å². The molecule has 0 aromatic rings. The van der Waals surface area contributed by atoms with Crippen LogP contribution in [0.2, 0.25) is 0 Å². The summed E-state index contributed by atoms with van der Waals surface area (Å²) in [4.78, 5) is 11.7. The Morgan fingerprint density at radius 1 is 1.54 bits per heavy atom. The van der Waals surface area contributed by atoms with Gasteiger partial charge in [-0.1, -0.05) is 6.92 Å². The summed E-state index contributed by atoms with van der Waals surface area (Å²) in [6.07, 6.45) is 1.11. The van der Waals surface area contributed by atoms with Crippen molar-refractivity contribution in [2.75, 3.05) is 13.1 Å². The second-order valence-electron chi connectivity index (χ2n) is 4.24. The molecule has 2 N–H and O–H groups in total. The van der Waals surface area contributed by atoms with Crippen molar-refractivity contribution >= 4 is 5.91 Å². The van der Waals surface area contributed by atoms with Crippen LogP contribution < -0.4 is 10.6 Å². The Balaban J connectivity index is 2.44. The molecule has 13 heavy (non-hydrogen) atoms. The highest BCUT2D eigenvalue weighted by Crippen LogP contribution is 2.18. The monoisotopic (exact) mass is 184 g/mol. The molecule has 0 radical (unpaired) electrons. The average molecular weight is 184 g/mol. The SMILES string of the molecule is CC(C)NC(=O)[C@H]1CNCC[C@@H]1C. The third-order valence-electron chi connectivity index (χ3n) is 2.60.